The molecule has 61 heavy (non-hydrogen) atoms. The van der Waals surface area contributed by atoms with E-state index in [4.69, 9.17) is 14.5 Å². The zero-order valence-corrected chi connectivity index (χ0v) is 40.2. The molecule has 7 aromatic rings. The zero-order valence-electron chi connectivity index (χ0n) is 36.9. The van der Waals surface area contributed by atoms with Crippen LogP contribution in [0.5, 0.6) is 5.75 Å². The summed E-state index contributed by atoms with van der Waals surface area (Å²) in [6.45, 7) is 19.9. The first-order chi connectivity index (χ1) is 28.3. The Morgan fingerprint density at radius 2 is 0.787 bits per heavy atom. The number of fused-ring (bicyclic) bond motifs is 1. The lowest BCUT2D eigenvalue weighted by Crippen LogP contribution is -3.00. The molecule has 0 bridgehead atoms. The number of pyridine rings is 1. The van der Waals surface area contributed by atoms with Crippen LogP contribution in [0.4, 0.5) is 0 Å². The monoisotopic (exact) mass is 883 g/mol. The molecule has 7 heteroatoms. The largest absolute Gasteiger partial charge is 1.00 e. The number of hydrogen-bond donors (Lipinski definition) is 0. The van der Waals surface area contributed by atoms with Crippen molar-refractivity contribution in [1.29, 1.82) is 0 Å². The van der Waals surface area contributed by atoms with Crippen molar-refractivity contribution in [3.8, 4) is 5.75 Å². The number of rotatable bonds is 10. The van der Waals surface area contributed by atoms with Crippen LogP contribution in [-0.4, -0.2) is 10.8 Å². The lowest BCUT2D eigenvalue weighted by atomic mass is 10.0. The van der Waals surface area contributed by atoms with Crippen molar-refractivity contribution < 1.29 is 34.3 Å². The van der Waals surface area contributed by atoms with Crippen molar-refractivity contribution in [3.63, 3.8) is 0 Å². The van der Waals surface area contributed by atoms with E-state index in [1.54, 1.807) is 0 Å². The summed E-state index contributed by atoms with van der Waals surface area (Å²) in [5, 5.41) is 8.19. The highest BCUT2D eigenvalue weighted by Crippen LogP contribution is 2.63. The van der Waals surface area contributed by atoms with Gasteiger partial charge in [0.05, 0.1) is 18.0 Å². The Balaban J connectivity index is 0.00000311. The van der Waals surface area contributed by atoms with Gasteiger partial charge in [0.1, 0.15) is 64.4 Å². The van der Waals surface area contributed by atoms with Crippen molar-refractivity contribution in [1.82, 2.24) is 4.98 Å². The lowest BCUT2D eigenvalue weighted by Gasteiger charge is -2.37. The van der Waals surface area contributed by atoms with Crippen LogP contribution >= 0.6 is 14.5 Å². The maximum Gasteiger partial charge on any atom is 0.205 e. The number of aromatic nitrogens is 1. The van der Waals surface area contributed by atoms with Crippen molar-refractivity contribution in [3.05, 3.63) is 201 Å². The van der Waals surface area contributed by atoms with Crippen LogP contribution in [0.2, 0.25) is 0 Å². The van der Waals surface area contributed by atoms with Gasteiger partial charge in [-0.3, -0.25) is 0 Å². The molecule has 0 unspecified atom stereocenters. The van der Waals surface area contributed by atoms with E-state index >= 15 is 0 Å². The number of hydrogen-bond acceptors (Lipinski definition) is 3. The van der Waals surface area contributed by atoms with Gasteiger partial charge in [-0.2, -0.15) is 0 Å². The van der Waals surface area contributed by atoms with Gasteiger partial charge in [-0.05, 0) is 155 Å². The molecule has 6 aromatic carbocycles. The van der Waals surface area contributed by atoms with E-state index in [0.29, 0.717) is 6.61 Å². The number of benzene rings is 6. The van der Waals surface area contributed by atoms with Gasteiger partial charge in [0.25, 0.3) is 0 Å². The molecule has 314 valence electrons. The second-order valence-corrected chi connectivity index (χ2v) is 24.2. The van der Waals surface area contributed by atoms with Crippen LogP contribution in [0.3, 0.4) is 0 Å². The average molecular weight is 885 g/mol. The molecule has 1 aromatic heterocycles. The molecule has 0 saturated heterocycles. The Hall–Kier alpha value is -4.33. The van der Waals surface area contributed by atoms with Crippen molar-refractivity contribution in [2.24, 2.45) is 0 Å². The Morgan fingerprint density at radius 1 is 0.475 bits per heavy atom. The Bertz CT molecular complexity index is 2470. The summed E-state index contributed by atoms with van der Waals surface area (Å²) in [4.78, 5) is 5.76. The zero-order chi connectivity index (χ0) is 41.5. The predicted octanol–water partition coefficient (Wildman–Crippen LogP) is 4.88. The maximum absolute atomic E-state index is 6.80. The van der Waals surface area contributed by atoms with Gasteiger partial charge >= 0.3 is 0 Å². The van der Waals surface area contributed by atoms with Crippen LogP contribution in [-0.2, 0) is 23.7 Å². The van der Waals surface area contributed by atoms with Crippen LogP contribution in [0.25, 0.3) is 0 Å². The van der Waals surface area contributed by atoms with Crippen LogP contribution in [0, 0.1) is 48.5 Å². The van der Waals surface area contributed by atoms with Crippen LogP contribution in [0.15, 0.2) is 146 Å². The molecular weight excluding hydrogens is 827 g/mol. The van der Waals surface area contributed by atoms with E-state index in [1.807, 2.05) is 13.8 Å². The summed E-state index contributed by atoms with van der Waals surface area (Å²) in [5.74, 6) is 0.0941. The third-order valence-corrected chi connectivity index (χ3v) is 20.5. The van der Waals surface area contributed by atoms with Gasteiger partial charge in [-0.1, -0.05) is 72.8 Å². The summed E-state index contributed by atoms with van der Waals surface area (Å²) < 4.78 is 13.4. The highest BCUT2D eigenvalue weighted by Gasteiger charge is 2.51. The van der Waals surface area contributed by atoms with Crippen molar-refractivity contribution >= 4 is 46.4 Å². The normalized spacial score (nSPS) is 13.3. The minimum Gasteiger partial charge on any atom is -1.00 e. The van der Waals surface area contributed by atoms with E-state index in [1.165, 1.54) is 70.8 Å². The first-order valence-corrected chi connectivity index (χ1v) is 24.8. The standard InChI is InChI=1S/C54H57NO2P2.2ClH/c1-37-16-10-22-44(28-37)58(45-23-11-17-38(2)29-45,46-24-12-18-39(3)30-46)35-51-50-34-56-54(8,9)57-53(50)43(7)55-52(51)36-59(47-25-13-19-40(4)31-47,48-26-14-20-41(5)32-48)49-27-15-21-42(6)33-49;;/h10-33H,34-36H2,1-9H3;2*1H/q+2;;/p-2. The Morgan fingerprint density at radius 3 is 1.10 bits per heavy atom. The van der Waals surface area contributed by atoms with Gasteiger partial charge in [0.2, 0.25) is 5.79 Å². The molecule has 0 spiro atoms. The summed E-state index contributed by atoms with van der Waals surface area (Å²) >= 11 is 0. The van der Waals surface area contributed by atoms with Gasteiger partial charge in [-0.15, -0.1) is 0 Å². The van der Waals surface area contributed by atoms with Gasteiger partial charge in [-0.25, -0.2) is 4.98 Å². The first kappa shape index (κ1) is 46.2. The number of nitrogens with zero attached hydrogens (tertiary/aromatic N) is 1. The summed E-state index contributed by atoms with van der Waals surface area (Å²) in [7, 11) is -4.82. The van der Waals surface area contributed by atoms with Gasteiger partial charge in [0, 0.05) is 25.0 Å². The Labute approximate surface area is 377 Å². The number of ether oxygens (including phenoxy) is 2. The average Bonchev–Trinajstić information content (AvgIpc) is 3.20. The molecule has 0 aliphatic carbocycles. The quantitative estimate of drug-likeness (QED) is 0.184. The highest BCUT2D eigenvalue weighted by molar-refractivity contribution is 7.95. The fourth-order valence-electron chi connectivity index (χ4n) is 9.07. The molecular formula is C54H57Cl2NO2P2. The molecule has 3 nitrogen and oxygen atoms in total. The van der Waals surface area contributed by atoms with E-state index in [-0.39, 0.29) is 24.8 Å². The second kappa shape index (κ2) is 18.6. The third-order valence-electron chi connectivity index (χ3n) is 12.0. The minimum absolute atomic E-state index is 0. The summed E-state index contributed by atoms with van der Waals surface area (Å²) in [6.07, 6.45) is 1.53. The van der Waals surface area contributed by atoms with Crippen molar-refractivity contribution in [2.45, 2.75) is 87.0 Å². The molecule has 0 saturated carbocycles. The second-order valence-electron chi connectivity index (χ2n) is 17.2. The molecule has 0 atom stereocenters. The molecule has 0 fully saturated rings. The smallest absolute Gasteiger partial charge is 0.205 e. The molecule has 8 rings (SSSR count). The topological polar surface area (TPSA) is 31.4 Å². The van der Waals surface area contributed by atoms with Crippen LogP contribution in [0.1, 0.15) is 69.7 Å². The van der Waals surface area contributed by atoms with Crippen LogP contribution < -0.4 is 61.4 Å². The number of aryl methyl sites for hydroxylation is 7. The molecule has 0 radical (unpaired) electrons. The molecule has 1 aliphatic heterocycles. The highest BCUT2D eigenvalue weighted by atomic mass is 35.5. The SMILES string of the molecule is Cc1cccc([P+](Cc2nc(C)c3c(c2C[P+](c2cccc(C)c2)(c2cccc(C)c2)c2cccc(C)c2)COC(C)(C)O3)(c2cccc(C)c2)c2cccc(C)c2)c1.[Cl-].[Cl-]. The number of halogens is 2. The fraction of sp³-hybridized carbons (Fsp3) is 0.241. The third kappa shape index (κ3) is 9.11. The first-order valence-electron chi connectivity index (χ1n) is 20.8. The van der Waals surface area contributed by atoms with E-state index < -0.39 is 20.3 Å². The molecule has 0 amide bonds. The molecule has 1 aliphatic rings. The maximum atomic E-state index is 6.80. The predicted molar refractivity (Wildman–Crippen MR) is 255 cm³/mol. The van der Waals surface area contributed by atoms with E-state index in [2.05, 4.69) is 194 Å². The Kier molecular flexibility index (Phi) is 14.1. The fourth-order valence-corrected chi connectivity index (χ4v) is 18.1. The summed E-state index contributed by atoms with van der Waals surface area (Å²) in [5.41, 5.74) is 12.0. The molecule has 2 heterocycles. The van der Waals surface area contributed by atoms with E-state index in [9.17, 15) is 0 Å². The van der Waals surface area contributed by atoms with Gasteiger partial charge < -0.3 is 34.3 Å². The summed E-state index contributed by atoms with van der Waals surface area (Å²) in [6, 6.07) is 55.6. The van der Waals surface area contributed by atoms with Crippen molar-refractivity contribution in [2.75, 3.05) is 0 Å². The van der Waals surface area contributed by atoms with E-state index in [0.717, 1.165) is 35.0 Å². The minimum atomic E-state index is -2.42. The molecule has 0 N–H and O–H groups in total. The van der Waals surface area contributed by atoms with Gasteiger partial charge in [0.15, 0.2) is 0 Å². The lowest BCUT2D eigenvalue weighted by molar-refractivity contribution is -0.180.